The van der Waals surface area contributed by atoms with Gasteiger partial charge in [0.2, 0.25) is 0 Å². The summed E-state index contributed by atoms with van der Waals surface area (Å²) in [5.74, 6) is -1.22. The molecule has 126 valence electrons. The Morgan fingerprint density at radius 3 is 2.42 bits per heavy atom. The maximum absolute atomic E-state index is 12.1. The van der Waals surface area contributed by atoms with Crippen LogP contribution in [-0.4, -0.2) is 18.0 Å². The number of amides is 1. The van der Waals surface area contributed by atoms with E-state index in [1.54, 1.807) is 12.1 Å². The molecular weight excluding hydrogens is 375 g/mol. The van der Waals surface area contributed by atoms with Gasteiger partial charge in [0.15, 0.2) is 6.10 Å². The van der Waals surface area contributed by atoms with Crippen molar-refractivity contribution in [1.29, 1.82) is 0 Å². The Labute approximate surface area is 153 Å². The second-order valence-corrected chi connectivity index (χ2v) is 6.15. The number of hydrogen-bond acceptors (Lipinski definition) is 4. The molecule has 2 aromatic carbocycles. The summed E-state index contributed by atoms with van der Waals surface area (Å²) < 4.78 is 5.11. The Morgan fingerprint density at radius 1 is 1.08 bits per heavy atom. The number of ether oxygens (including phenoxy) is 1. The zero-order chi connectivity index (χ0) is 17.9. The van der Waals surface area contributed by atoms with Crippen LogP contribution in [0.5, 0.6) is 0 Å². The lowest BCUT2D eigenvalue weighted by atomic mass is 10.2. The summed E-state index contributed by atoms with van der Waals surface area (Å²) >= 11 is 17.6. The minimum absolute atomic E-state index is 0.195. The summed E-state index contributed by atoms with van der Waals surface area (Å²) in [6.07, 6.45) is -1.04. The molecule has 8 heteroatoms. The van der Waals surface area contributed by atoms with E-state index in [2.05, 4.69) is 5.32 Å². The molecule has 24 heavy (non-hydrogen) atoms. The molecule has 3 N–H and O–H groups in total. The average molecular weight is 388 g/mol. The number of nitrogens with one attached hydrogen (secondary N) is 1. The fourth-order valence-corrected chi connectivity index (χ4v) is 2.35. The molecule has 0 aliphatic carbocycles. The molecule has 0 unspecified atom stereocenters. The Hall–Kier alpha value is -1.95. The van der Waals surface area contributed by atoms with Crippen molar-refractivity contribution in [2.24, 2.45) is 0 Å². The van der Waals surface area contributed by atoms with E-state index >= 15 is 0 Å². The molecule has 2 rings (SSSR count). The molecule has 0 spiro atoms. The van der Waals surface area contributed by atoms with Gasteiger partial charge >= 0.3 is 5.97 Å². The lowest BCUT2D eigenvalue weighted by Gasteiger charge is -2.14. The van der Waals surface area contributed by atoms with Crippen LogP contribution in [0.15, 0.2) is 36.4 Å². The Balaban J connectivity index is 2.02. The summed E-state index contributed by atoms with van der Waals surface area (Å²) in [5, 5.41) is 3.61. The van der Waals surface area contributed by atoms with Gasteiger partial charge < -0.3 is 15.8 Å². The number of nitrogen functional groups attached to an aromatic ring is 1. The predicted molar refractivity (Wildman–Crippen MR) is 95.8 cm³/mol. The smallest absolute Gasteiger partial charge is 0.338 e. The number of nitrogens with two attached hydrogens (primary N) is 1. The molecule has 0 heterocycles. The van der Waals surface area contributed by atoms with Crippen LogP contribution in [0.4, 0.5) is 11.4 Å². The molecule has 2 aromatic rings. The molecule has 1 amide bonds. The third kappa shape index (κ3) is 4.54. The maximum atomic E-state index is 12.1. The van der Waals surface area contributed by atoms with Crippen LogP contribution in [0, 0.1) is 0 Å². The van der Waals surface area contributed by atoms with Gasteiger partial charge in [-0.25, -0.2) is 4.79 Å². The number of rotatable bonds is 4. The van der Waals surface area contributed by atoms with Crippen LogP contribution in [0.3, 0.4) is 0 Å². The zero-order valence-electron chi connectivity index (χ0n) is 12.5. The molecule has 5 nitrogen and oxygen atoms in total. The van der Waals surface area contributed by atoms with Crippen molar-refractivity contribution in [2.75, 3.05) is 11.1 Å². The molecule has 0 aliphatic rings. The van der Waals surface area contributed by atoms with E-state index in [4.69, 9.17) is 45.3 Å². The molecule has 0 aromatic heterocycles. The summed E-state index contributed by atoms with van der Waals surface area (Å²) in [7, 11) is 0. The SMILES string of the molecule is C[C@H](OC(=O)c1ccc(Cl)c(N)c1)C(=O)Nc1ccc(Cl)cc1Cl. The van der Waals surface area contributed by atoms with E-state index in [9.17, 15) is 9.59 Å². The van der Waals surface area contributed by atoms with Crippen molar-refractivity contribution in [3.8, 4) is 0 Å². The first-order valence-electron chi connectivity index (χ1n) is 6.80. The van der Waals surface area contributed by atoms with E-state index in [1.807, 2.05) is 0 Å². The highest BCUT2D eigenvalue weighted by Gasteiger charge is 2.20. The third-order valence-corrected chi connectivity index (χ3v) is 3.97. The van der Waals surface area contributed by atoms with Crippen LogP contribution in [0.2, 0.25) is 15.1 Å². The maximum Gasteiger partial charge on any atom is 0.338 e. The van der Waals surface area contributed by atoms with Gasteiger partial charge in [-0.3, -0.25) is 4.79 Å². The number of halogens is 3. The number of carbonyl (C=O) groups excluding carboxylic acids is 2. The Kier molecular flexibility index (Phi) is 5.94. The van der Waals surface area contributed by atoms with Crippen molar-refractivity contribution < 1.29 is 14.3 Å². The summed E-state index contributed by atoms with van der Waals surface area (Å²) in [5.41, 5.74) is 6.44. The highest BCUT2D eigenvalue weighted by Crippen LogP contribution is 2.25. The fraction of sp³-hybridized carbons (Fsp3) is 0.125. The number of esters is 1. The van der Waals surface area contributed by atoms with Crippen molar-refractivity contribution in [3.05, 3.63) is 57.0 Å². The first-order chi connectivity index (χ1) is 11.3. The van der Waals surface area contributed by atoms with Gasteiger partial charge in [-0.2, -0.15) is 0 Å². The van der Waals surface area contributed by atoms with E-state index < -0.39 is 18.0 Å². The molecule has 0 bridgehead atoms. The zero-order valence-corrected chi connectivity index (χ0v) is 14.7. The lowest BCUT2D eigenvalue weighted by molar-refractivity contribution is -0.123. The van der Waals surface area contributed by atoms with Crippen molar-refractivity contribution in [2.45, 2.75) is 13.0 Å². The van der Waals surface area contributed by atoms with Gasteiger partial charge in [0.1, 0.15) is 0 Å². The normalized spacial score (nSPS) is 11.7. The average Bonchev–Trinajstić information content (AvgIpc) is 2.52. The highest BCUT2D eigenvalue weighted by atomic mass is 35.5. The van der Waals surface area contributed by atoms with Crippen molar-refractivity contribution in [3.63, 3.8) is 0 Å². The molecule has 0 aliphatic heterocycles. The summed E-state index contributed by atoms with van der Waals surface area (Å²) in [6.45, 7) is 1.44. The van der Waals surface area contributed by atoms with Gasteiger partial charge in [0.05, 0.1) is 27.0 Å². The van der Waals surface area contributed by atoms with Gasteiger partial charge in [-0.1, -0.05) is 34.8 Å². The van der Waals surface area contributed by atoms with E-state index in [0.29, 0.717) is 15.7 Å². The van der Waals surface area contributed by atoms with Gasteiger partial charge in [-0.15, -0.1) is 0 Å². The third-order valence-electron chi connectivity index (χ3n) is 3.07. The van der Waals surface area contributed by atoms with Gasteiger partial charge in [0.25, 0.3) is 5.91 Å². The molecule has 0 saturated heterocycles. The summed E-state index contributed by atoms with van der Waals surface area (Å²) in [6, 6.07) is 8.94. The minimum atomic E-state index is -1.04. The van der Waals surface area contributed by atoms with E-state index in [-0.39, 0.29) is 16.3 Å². The van der Waals surface area contributed by atoms with Crippen molar-refractivity contribution >= 4 is 58.1 Å². The van der Waals surface area contributed by atoms with Crippen molar-refractivity contribution in [1.82, 2.24) is 0 Å². The number of benzene rings is 2. The first kappa shape index (κ1) is 18.4. The predicted octanol–water partition coefficient (Wildman–Crippen LogP) is 4.41. The van der Waals surface area contributed by atoms with E-state index in [0.717, 1.165) is 0 Å². The van der Waals surface area contributed by atoms with Crippen LogP contribution < -0.4 is 11.1 Å². The largest absolute Gasteiger partial charge is 0.449 e. The molecule has 0 saturated carbocycles. The first-order valence-corrected chi connectivity index (χ1v) is 7.93. The van der Waals surface area contributed by atoms with Gasteiger partial charge in [0, 0.05) is 5.02 Å². The second-order valence-electron chi connectivity index (χ2n) is 4.90. The monoisotopic (exact) mass is 386 g/mol. The molecular formula is C16H13Cl3N2O3. The Bertz CT molecular complexity index is 796. The number of anilines is 2. The van der Waals surface area contributed by atoms with Gasteiger partial charge in [-0.05, 0) is 43.3 Å². The highest BCUT2D eigenvalue weighted by molar-refractivity contribution is 6.36. The molecule has 1 atom stereocenters. The Morgan fingerprint density at radius 2 is 1.79 bits per heavy atom. The van der Waals surface area contributed by atoms with Crippen LogP contribution in [-0.2, 0) is 9.53 Å². The molecule has 0 radical (unpaired) electrons. The topological polar surface area (TPSA) is 81.4 Å². The second kappa shape index (κ2) is 7.75. The molecule has 0 fully saturated rings. The quantitative estimate of drug-likeness (QED) is 0.601. The van der Waals surface area contributed by atoms with Crippen LogP contribution in [0.25, 0.3) is 0 Å². The number of carbonyl (C=O) groups is 2. The van der Waals surface area contributed by atoms with E-state index in [1.165, 1.54) is 31.2 Å². The fourth-order valence-electron chi connectivity index (χ4n) is 1.78. The van der Waals surface area contributed by atoms with Crippen LogP contribution in [0.1, 0.15) is 17.3 Å². The summed E-state index contributed by atoms with van der Waals surface area (Å²) in [4.78, 5) is 24.2. The number of hydrogen-bond donors (Lipinski definition) is 2. The standard InChI is InChI=1S/C16H13Cl3N2O3/c1-8(15(22)21-14-5-3-10(17)7-12(14)19)24-16(23)9-2-4-11(18)13(20)6-9/h2-8H,20H2,1H3,(H,21,22)/t8-/m0/s1. The minimum Gasteiger partial charge on any atom is -0.449 e. The lowest BCUT2D eigenvalue weighted by Crippen LogP contribution is -2.30. The van der Waals surface area contributed by atoms with Crippen LogP contribution >= 0.6 is 34.8 Å².